The molecule has 2 rings (SSSR count). The lowest BCUT2D eigenvalue weighted by Crippen LogP contribution is -2.15. The summed E-state index contributed by atoms with van der Waals surface area (Å²) in [6, 6.07) is 17.0. The second kappa shape index (κ2) is 6.37. The molecule has 0 aromatic heterocycles. The van der Waals surface area contributed by atoms with E-state index in [-0.39, 0.29) is 12.6 Å². The van der Waals surface area contributed by atoms with Crippen LogP contribution >= 0.6 is 15.9 Å². The van der Waals surface area contributed by atoms with E-state index in [1.807, 2.05) is 36.4 Å². The molecule has 0 amide bonds. The van der Waals surface area contributed by atoms with Crippen molar-refractivity contribution in [2.75, 3.05) is 11.9 Å². The van der Waals surface area contributed by atoms with Crippen molar-refractivity contribution >= 4 is 21.6 Å². The second-order valence-electron chi connectivity index (χ2n) is 4.10. The number of benzene rings is 2. The van der Waals surface area contributed by atoms with Crippen LogP contribution in [-0.2, 0) is 0 Å². The summed E-state index contributed by atoms with van der Waals surface area (Å²) in [6.07, 6.45) is 0. The monoisotopic (exact) mass is 316 g/mol. The van der Waals surface area contributed by atoms with Crippen molar-refractivity contribution in [3.8, 4) is 6.07 Å². The Labute approximate surface area is 120 Å². The van der Waals surface area contributed by atoms with Crippen molar-refractivity contribution in [2.45, 2.75) is 6.04 Å². The second-order valence-corrected chi connectivity index (χ2v) is 4.95. The van der Waals surface area contributed by atoms with Crippen molar-refractivity contribution in [1.82, 2.24) is 0 Å². The number of hydrogen-bond acceptors (Lipinski definition) is 3. The zero-order valence-electron chi connectivity index (χ0n) is 10.2. The fourth-order valence-corrected chi connectivity index (χ4v) is 2.30. The first-order valence-electron chi connectivity index (χ1n) is 5.86. The highest BCUT2D eigenvalue weighted by atomic mass is 79.9. The van der Waals surface area contributed by atoms with E-state index in [1.54, 1.807) is 12.1 Å². The first-order valence-corrected chi connectivity index (χ1v) is 6.66. The lowest BCUT2D eigenvalue weighted by Gasteiger charge is -2.19. The molecule has 2 aromatic carbocycles. The molecule has 0 aliphatic heterocycles. The summed E-state index contributed by atoms with van der Waals surface area (Å²) in [7, 11) is 0. The van der Waals surface area contributed by atoms with Crippen molar-refractivity contribution in [3.63, 3.8) is 0 Å². The molecule has 0 aliphatic carbocycles. The largest absolute Gasteiger partial charge is 0.394 e. The maximum Gasteiger partial charge on any atom is 0.0992 e. The van der Waals surface area contributed by atoms with Gasteiger partial charge >= 0.3 is 0 Å². The minimum Gasteiger partial charge on any atom is -0.394 e. The van der Waals surface area contributed by atoms with Crippen molar-refractivity contribution in [1.29, 1.82) is 5.26 Å². The van der Waals surface area contributed by atoms with Gasteiger partial charge in [-0.25, -0.2) is 0 Å². The quantitative estimate of drug-likeness (QED) is 0.908. The van der Waals surface area contributed by atoms with Gasteiger partial charge in [0.1, 0.15) is 0 Å². The van der Waals surface area contributed by atoms with E-state index in [1.165, 1.54) is 0 Å². The standard InChI is InChI=1S/C15H13BrN2O/c16-13-8-11(9-17)6-7-14(13)18-15(10-19)12-4-2-1-3-5-12/h1-8,15,18-19H,10H2. The van der Waals surface area contributed by atoms with Crippen LogP contribution in [0.2, 0.25) is 0 Å². The maximum absolute atomic E-state index is 9.50. The van der Waals surface area contributed by atoms with E-state index in [0.29, 0.717) is 5.56 Å². The Kier molecular flexibility index (Phi) is 4.56. The highest BCUT2D eigenvalue weighted by Gasteiger charge is 2.11. The molecule has 3 nitrogen and oxygen atoms in total. The number of nitrogens with one attached hydrogen (secondary N) is 1. The molecule has 0 fully saturated rings. The number of nitriles is 1. The van der Waals surface area contributed by atoms with Gasteiger partial charge in [0.05, 0.1) is 24.3 Å². The van der Waals surface area contributed by atoms with Gasteiger partial charge in [-0.2, -0.15) is 5.26 Å². The van der Waals surface area contributed by atoms with Crippen LogP contribution in [0.15, 0.2) is 53.0 Å². The van der Waals surface area contributed by atoms with Crippen LogP contribution in [0.4, 0.5) is 5.69 Å². The van der Waals surface area contributed by atoms with Crippen molar-refractivity contribution < 1.29 is 5.11 Å². The van der Waals surface area contributed by atoms with E-state index in [2.05, 4.69) is 27.3 Å². The van der Waals surface area contributed by atoms with E-state index in [0.717, 1.165) is 15.7 Å². The van der Waals surface area contributed by atoms with Gasteiger partial charge in [-0.3, -0.25) is 0 Å². The number of nitrogens with zero attached hydrogens (tertiary/aromatic N) is 1. The predicted octanol–water partition coefficient (Wildman–Crippen LogP) is 3.47. The lowest BCUT2D eigenvalue weighted by atomic mass is 10.1. The molecule has 19 heavy (non-hydrogen) atoms. The Hall–Kier alpha value is -1.83. The number of halogens is 1. The van der Waals surface area contributed by atoms with Gasteiger partial charge in [-0.15, -0.1) is 0 Å². The molecule has 0 radical (unpaired) electrons. The third-order valence-corrected chi connectivity index (χ3v) is 3.47. The van der Waals surface area contributed by atoms with Gasteiger partial charge in [0.2, 0.25) is 0 Å². The Balaban J connectivity index is 2.22. The van der Waals surface area contributed by atoms with Crippen molar-refractivity contribution in [2.24, 2.45) is 0 Å². The molecular formula is C15H13BrN2O. The number of rotatable bonds is 4. The Morgan fingerprint density at radius 1 is 1.21 bits per heavy atom. The predicted molar refractivity (Wildman–Crippen MR) is 78.7 cm³/mol. The minimum atomic E-state index is -0.176. The van der Waals surface area contributed by atoms with Crippen LogP contribution in [0.25, 0.3) is 0 Å². The zero-order chi connectivity index (χ0) is 13.7. The number of anilines is 1. The van der Waals surface area contributed by atoms with Crippen LogP contribution in [0.3, 0.4) is 0 Å². The molecule has 2 N–H and O–H groups in total. The normalized spacial score (nSPS) is 11.6. The highest BCUT2D eigenvalue weighted by molar-refractivity contribution is 9.10. The molecule has 0 bridgehead atoms. The molecule has 96 valence electrons. The SMILES string of the molecule is N#Cc1ccc(NC(CO)c2ccccc2)c(Br)c1. The Morgan fingerprint density at radius 2 is 1.95 bits per heavy atom. The van der Waals surface area contributed by atoms with Gasteiger partial charge in [0, 0.05) is 10.2 Å². The molecule has 1 atom stereocenters. The first-order chi connectivity index (χ1) is 9.24. The highest BCUT2D eigenvalue weighted by Crippen LogP contribution is 2.27. The van der Waals surface area contributed by atoms with Gasteiger partial charge in [0.25, 0.3) is 0 Å². The van der Waals surface area contributed by atoms with Gasteiger partial charge in [0.15, 0.2) is 0 Å². The average Bonchev–Trinajstić information content (AvgIpc) is 2.47. The fraction of sp³-hybridized carbons (Fsp3) is 0.133. The van der Waals surface area contributed by atoms with E-state index >= 15 is 0 Å². The molecule has 2 aromatic rings. The summed E-state index contributed by atoms with van der Waals surface area (Å²) in [5.74, 6) is 0. The number of hydrogen-bond donors (Lipinski definition) is 2. The Bertz CT molecular complexity index is 593. The van der Waals surface area contributed by atoms with Crippen molar-refractivity contribution in [3.05, 3.63) is 64.1 Å². The van der Waals surface area contributed by atoms with Crippen LogP contribution in [0.5, 0.6) is 0 Å². The first kappa shape index (κ1) is 13.6. The molecule has 0 aliphatic rings. The van der Waals surface area contributed by atoms with Gasteiger partial charge < -0.3 is 10.4 Å². The zero-order valence-corrected chi connectivity index (χ0v) is 11.8. The smallest absolute Gasteiger partial charge is 0.0992 e. The summed E-state index contributed by atoms with van der Waals surface area (Å²) in [4.78, 5) is 0. The molecular weight excluding hydrogens is 304 g/mol. The van der Waals surface area contributed by atoms with Crippen LogP contribution in [0.1, 0.15) is 17.2 Å². The molecule has 0 heterocycles. The summed E-state index contributed by atoms with van der Waals surface area (Å²) >= 11 is 3.42. The lowest BCUT2D eigenvalue weighted by molar-refractivity contribution is 0.276. The third-order valence-electron chi connectivity index (χ3n) is 2.81. The molecule has 1 unspecified atom stereocenters. The molecule has 4 heteroatoms. The maximum atomic E-state index is 9.50. The molecule has 0 saturated carbocycles. The van der Waals surface area contributed by atoms with Crippen LogP contribution in [-0.4, -0.2) is 11.7 Å². The molecule has 0 saturated heterocycles. The van der Waals surface area contributed by atoms with Crippen LogP contribution < -0.4 is 5.32 Å². The van der Waals surface area contributed by atoms with E-state index < -0.39 is 0 Å². The fourth-order valence-electron chi connectivity index (χ4n) is 1.81. The summed E-state index contributed by atoms with van der Waals surface area (Å²) in [6.45, 7) is -0.00352. The van der Waals surface area contributed by atoms with Gasteiger partial charge in [-0.05, 0) is 39.7 Å². The minimum absolute atomic E-state index is 0.00352. The van der Waals surface area contributed by atoms with E-state index in [9.17, 15) is 5.11 Å². The number of aliphatic hydroxyl groups is 1. The topological polar surface area (TPSA) is 56.0 Å². The summed E-state index contributed by atoms with van der Waals surface area (Å²) < 4.78 is 0.806. The summed E-state index contributed by atoms with van der Waals surface area (Å²) in [5, 5.41) is 21.6. The third kappa shape index (κ3) is 3.34. The van der Waals surface area contributed by atoms with Gasteiger partial charge in [-0.1, -0.05) is 30.3 Å². The Morgan fingerprint density at radius 3 is 2.53 bits per heavy atom. The van der Waals surface area contributed by atoms with E-state index in [4.69, 9.17) is 5.26 Å². The summed E-state index contributed by atoms with van der Waals surface area (Å²) in [5.41, 5.74) is 2.46. The molecule has 0 spiro atoms. The average molecular weight is 317 g/mol. The van der Waals surface area contributed by atoms with Crippen LogP contribution in [0, 0.1) is 11.3 Å². The number of aliphatic hydroxyl groups excluding tert-OH is 1.